The SMILES string of the molecule is Cc1ccccc1NC(=O)CO/N=C\c1ccccc1. The standard InChI is InChI=1S/C16H16N2O2/c1-13-7-5-6-10-15(13)18-16(19)12-20-17-11-14-8-3-2-4-9-14/h2-11H,12H2,1H3,(H,18,19)/b17-11-. The zero-order chi connectivity index (χ0) is 14.2. The van der Waals surface area contributed by atoms with E-state index in [1.807, 2.05) is 61.5 Å². The highest BCUT2D eigenvalue weighted by atomic mass is 16.6. The number of nitrogens with zero attached hydrogens (tertiary/aromatic N) is 1. The van der Waals surface area contributed by atoms with Crippen LogP contribution in [0.5, 0.6) is 0 Å². The van der Waals surface area contributed by atoms with Crippen LogP contribution in [0.3, 0.4) is 0 Å². The molecule has 0 atom stereocenters. The molecule has 0 aliphatic carbocycles. The van der Waals surface area contributed by atoms with Gasteiger partial charge in [0.15, 0.2) is 6.61 Å². The Bertz CT molecular complexity index is 594. The Kier molecular flexibility index (Phi) is 4.89. The Labute approximate surface area is 118 Å². The lowest BCUT2D eigenvalue weighted by Crippen LogP contribution is -2.17. The van der Waals surface area contributed by atoms with Gasteiger partial charge in [0, 0.05) is 5.69 Å². The van der Waals surface area contributed by atoms with E-state index < -0.39 is 0 Å². The summed E-state index contributed by atoms with van der Waals surface area (Å²) in [5.74, 6) is -0.232. The molecule has 2 aromatic rings. The Balaban J connectivity index is 1.79. The van der Waals surface area contributed by atoms with Crippen LogP contribution in [0.4, 0.5) is 5.69 Å². The van der Waals surface area contributed by atoms with Crippen molar-refractivity contribution in [2.24, 2.45) is 5.16 Å². The molecule has 2 rings (SSSR count). The summed E-state index contributed by atoms with van der Waals surface area (Å²) in [6, 6.07) is 17.1. The van der Waals surface area contributed by atoms with Crippen molar-refractivity contribution in [3.8, 4) is 0 Å². The van der Waals surface area contributed by atoms with Crippen molar-refractivity contribution < 1.29 is 9.63 Å². The largest absolute Gasteiger partial charge is 0.386 e. The summed E-state index contributed by atoms with van der Waals surface area (Å²) in [5, 5.41) is 6.53. The van der Waals surface area contributed by atoms with Crippen LogP contribution < -0.4 is 5.32 Å². The van der Waals surface area contributed by atoms with Gasteiger partial charge >= 0.3 is 0 Å². The third-order valence-electron chi connectivity index (χ3n) is 2.69. The third kappa shape index (κ3) is 4.24. The molecular formula is C16H16N2O2. The zero-order valence-electron chi connectivity index (χ0n) is 11.2. The van der Waals surface area contributed by atoms with E-state index in [1.54, 1.807) is 6.21 Å². The number of benzene rings is 2. The quantitative estimate of drug-likeness (QED) is 0.669. The van der Waals surface area contributed by atoms with Gasteiger partial charge in [-0.1, -0.05) is 53.7 Å². The van der Waals surface area contributed by atoms with Crippen LogP contribution in [0.2, 0.25) is 0 Å². The topological polar surface area (TPSA) is 50.7 Å². The minimum atomic E-state index is -0.232. The Morgan fingerprint density at radius 1 is 1.15 bits per heavy atom. The minimum absolute atomic E-state index is 0.113. The van der Waals surface area contributed by atoms with Crippen molar-refractivity contribution in [1.82, 2.24) is 0 Å². The number of carbonyl (C=O) groups is 1. The Morgan fingerprint density at radius 3 is 2.60 bits per heavy atom. The Hall–Kier alpha value is -2.62. The molecule has 2 aromatic carbocycles. The van der Waals surface area contributed by atoms with Crippen molar-refractivity contribution in [3.05, 3.63) is 65.7 Å². The lowest BCUT2D eigenvalue weighted by Gasteiger charge is -2.06. The second-order valence-electron chi connectivity index (χ2n) is 4.28. The second kappa shape index (κ2) is 7.09. The number of hydrogen-bond donors (Lipinski definition) is 1. The molecule has 0 fully saturated rings. The van der Waals surface area contributed by atoms with Crippen LogP contribution in [0.25, 0.3) is 0 Å². The summed E-state index contributed by atoms with van der Waals surface area (Å²) in [5.41, 5.74) is 2.72. The lowest BCUT2D eigenvalue weighted by molar-refractivity contribution is -0.120. The van der Waals surface area contributed by atoms with E-state index >= 15 is 0 Å². The second-order valence-corrected chi connectivity index (χ2v) is 4.28. The van der Waals surface area contributed by atoms with Crippen molar-refractivity contribution in [1.29, 1.82) is 0 Å². The molecule has 0 aromatic heterocycles. The van der Waals surface area contributed by atoms with Crippen molar-refractivity contribution >= 4 is 17.8 Å². The number of hydrogen-bond acceptors (Lipinski definition) is 3. The molecule has 0 spiro atoms. The van der Waals surface area contributed by atoms with Crippen molar-refractivity contribution in [3.63, 3.8) is 0 Å². The number of nitrogens with one attached hydrogen (secondary N) is 1. The monoisotopic (exact) mass is 268 g/mol. The summed E-state index contributed by atoms with van der Waals surface area (Å²) in [6.07, 6.45) is 1.57. The van der Waals surface area contributed by atoms with E-state index in [4.69, 9.17) is 4.84 Å². The molecule has 1 amide bonds. The van der Waals surface area contributed by atoms with Gasteiger partial charge in [-0.2, -0.15) is 0 Å². The number of para-hydroxylation sites is 1. The number of rotatable bonds is 5. The molecule has 0 saturated carbocycles. The average molecular weight is 268 g/mol. The smallest absolute Gasteiger partial charge is 0.265 e. The zero-order valence-corrected chi connectivity index (χ0v) is 11.2. The molecule has 0 unspecified atom stereocenters. The maximum atomic E-state index is 11.7. The molecule has 0 radical (unpaired) electrons. The van der Waals surface area contributed by atoms with Gasteiger partial charge in [0.05, 0.1) is 6.21 Å². The van der Waals surface area contributed by atoms with Crippen molar-refractivity contribution in [2.45, 2.75) is 6.92 Å². The third-order valence-corrected chi connectivity index (χ3v) is 2.69. The molecule has 1 N–H and O–H groups in total. The predicted molar refractivity (Wildman–Crippen MR) is 79.8 cm³/mol. The van der Waals surface area contributed by atoms with E-state index in [9.17, 15) is 4.79 Å². The number of amides is 1. The Morgan fingerprint density at radius 2 is 1.85 bits per heavy atom. The summed E-state index contributed by atoms with van der Waals surface area (Å²) < 4.78 is 0. The van der Waals surface area contributed by atoms with Gasteiger partial charge in [-0.15, -0.1) is 0 Å². The van der Waals surface area contributed by atoms with Crippen LogP contribution in [0, 0.1) is 6.92 Å². The molecule has 0 saturated heterocycles. The summed E-state index contributed by atoms with van der Waals surface area (Å²) >= 11 is 0. The number of aryl methyl sites for hydroxylation is 1. The first-order valence-electron chi connectivity index (χ1n) is 6.31. The molecule has 4 heteroatoms. The van der Waals surface area contributed by atoms with Gasteiger partial charge in [-0.3, -0.25) is 4.79 Å². The van der Waals surface area contributed by atoms with Crippen LogP contribution in [0.15, 0.2) is 59.8 Å². The summed E-state index contributed by atoms with van der Waals surface area (Å²) in [6.45, 7) is 1.82. The summed E-state index contributed by atoms with van der Waals surface area (Å²) in [4.78, 5) is 16.6. The van der Waals surface area contributed by atoms with Gasteiger partial charge < -0.3 is 10.2 Å². The predicted octanol–water partition coefficient (Wildman–Crippen LogP) is 2.98. The molecule has 102 valence electrons. The highest BCUT2D eigenvalue weighted by Crippen LogP contribution is 2.12. The number of oxime groups is 1. The van der Waals surface area contributed by atoms with E-state index in [0.29, 0.717) is 0 Å². The maximum absolute atomic E-state index is 11.7. The molecule has 0 aliphatic heterocycles. The maximum Gasteiger partial charge on any atom is 0.265 e. The normalized spacial score (nSPS) is 10.4. The van der Waals surface area contributed by atoms with Gasteiger partial charge in [0.2, 0.25) is 0 Å². The highest BCUT2D eigenvalue weighted by Gasteiger charge is 2.03. The first kappa shape index (κ1) is 13.8. The van der Waals surface area contributed by atoms with E-state index in [-0.39, 0.29) is 12.5 Å². The van der Waals surface area contributed by atoms with E-state index in [1.165, 1.54) is 0 Å². The van der Waals surface area contributed by atoms with E-state index in [0.717, 1.165) is 16.8 Å². The van der Waals surface area contributed by atoms with Gasteiger partial charge in [0.25, 0.3) is 5.91 Å². The van der Waals surface area contributed by atoms with Gasteiger partial charge in [-0.25, -0.2) is 0 Å². The van der Waals surface area contributed by atoms with Gasteiger partial charge in [0.1, 0.15) is 0 Å². The van der Waals surface area contributed by atoms with Crippen LogP contribution in [-0.4, -0.2) is 18.7 Å². The molecule has 0 aliphatic rings. The fraction of sp³-hybridized carbons (Fsp3) is 0.125. The first-order chi connectivity index (χ1) is 9.75. The van der Waals surface area contributed by atoms with Gasteiger partial charge in [-0.05, 0) is 24.1 Å². The lowest BCUT2D eigenvalue weighted by atomic mass is 10.2. The molecule has 0 heterocycles. The molecule has 4 nitrogen and oxygen atoms in total. The van der Waals surface area contributed by atoms with E-state index in [2.05, 4.69) is 10.5 Å². The van der Waals surface area contributed by atoms with Crippen LogP contribution in [0.1, 0.15) is 11.1 Å². The fourth-order valence-corrected chi connectivity index (χ4v) is 1.63. The van der Waals surface area contributed by atoms with Crippen LogP contribution in [-0.2, 0) is 9.63 Å². The molecular weight excluding hydrogens is 252 g/mol. The highest BCUT2D eigenvalue weighted by molar-refractivity contribution is 5.92. The summed E-state index contributed by atoms with van der Waals surface area (Å²) in [7, 11) is 0. The molecule has 20 heavy (non-hydrogen) atoms. The van der Waals surface area contributed by atoms with Crippen molar-refractivity contribution in [2.75, 3.05) is 11.9 Å². The number of carbonyl (C=O) groups excluding carboxylic acids is 1. The average Bonchev–Trinajstić information content (AvgIpc) is 2.47. The van der Waals surface area contributed by atoms with Crippen LogP contribution >= 0.6 is 0 Å². The molecule has 0 bridgehead atoms. The fourth-order valence-electron chi connectivity index (χ4n) is 1.63. The first-order valence-corrected chi connectivity index (χ1v) is 6.31. The minimum Gasteiger partial charge on any atom is -0.386 e. The number of anilines is 1.